The fourth-order valence-corrected chi connectivity index (χ4v) is 1.44. The SMILES string of the molecule is O=C(n1cccn1)C(F)(F)C(F)(F)C(F)(F)C(F)(F)C(F)(F)C(F)(F)F. The van der Waals surface area contributed by atoms with Crippen molar-refractivity contribution >= 4 is 5.91 Å². The minimum Gasteiger partial charge on any atom is -0.265 e. The van der Waals surface area contributed by atoms with Gasteiger partial charge in [-0.1, -0.05) is 0 Å². The van der Waals surface area contributed by atoms with E-state index >= 15 is 0 Å². The van der Waals surface area contributed by atoms with Crippen LogP contribution in [-0.4, -0.2) is 51.5 Å². The van der Waals surface area contributed by atoms with Gasteiger partial charge in [-0.3, -0.25) is 4.79 Å². The quantitative estimate of drug-likeness (QED) is 0.676. The minimum atomic E-state index is -8.05. The van der Waals surface area contributed by atoms with Crippen LogP contribution in [0.25, 0.3) is 0 Å². The van der Waals surface area contributed by atoms with E-state index in [1.807, 2.05) is 0 Å². The van der Waals surface area contributed by atoms with Crippen LogP contribution in [0.1, 0.15) is 4.79 Å². The lowest BCUT2D eigenvalue weighted by molar-refractivity contribution is -0.435. The summed E-state index contributed by atoms with van der Waals surface area (Å²) in [5.74, 6) is -41.8. The highest BCUT2D eigenvalue weighted by molar-refractivity contribution is 5.86. The van der Waals surface area contributed by atoms with Gasteiger partial charge in [0.2, 0.25) is 0 Å². The van der Waals surface area contributed by atoms with Gasteiger partial charge < -0.3 is 0 Å². The van der Waals surface area contributed by atoms with E-state index in [-0.39, 0.29) is 6.20 Å². The zero-order chi connectivity index (χ0) is 21.0. The zero-order valence-electron chi connectivity index (χ0n) is 11.4. The summed E-state index contributed by atoms with van der Waals surface area (Å²) in [6, 6.07) is 0.622. The van der Waals surface area contributed by atoms with Crippen LogP contribution in [0, 0.1) is 0 Å². The summed E-state index contributed by atoms with van der Waals surface area (Å²) in [5.41, 5.74) is 0. The smallest absolute Gasteiger partial charge is 0.265 e. The van der Waals surface area contributed by atoms with Crippen LogP contribution >= 0.6 is 0 Å². The molecule has 0 N–H and O–H groups in total. The summed E-state index contributed by atoms with van der Waals surface area (Å²) in [7, 11) is 0. The molecular weight excluding hydrogens is 411 g/mol. The van der Waals surface area contributed by atoms with E-state index in [4.69, 9.17) is 0 Å². The molecule has 0 aliphatic carbocycles. The number of nitrogens with zero attached hydrogens (tertiary/aromatic N) is 2. The lowest BCUT2D eigenvalue weighted by Crippen LogP contribution is -2.71. The predicted molar refractivity (Wildman–Crippen MR) is 53.6 cm³/mol. The number of hydrogen-bond acceptors (Lipinski definition) is 2. The van der Waals surface area contributed by atoms with E-state index in [9.17, 15) is 61.9 Å². The van der Waals surface area contributed by atoms with Gasteiger partial charge in [0, 0.05) is 12.4 Å². The van der Waals surface area contributed by atoms with E-state index < -0.39 is 46.4 Å². The second-order valence-corrected chi connectivity index (χ2v) is 4.63. The highest BCUT2D eigenvalue weighted by Gasteiger charge is 2.91. The molecule has 1 aromatic heterocycles. The molecule has 0 bridgehead atoms. The first-order valence-electron chi connectivity index (χ1n) is 5.77. The van der Waals surface area contributed by atoms with E-state index in [0.29, 0.717) is 12.3 Å². The first-order chi connectivity index (χ1) is 11.3. The molecule has 0 saturated heterocycles. The summed E-state index contributed by atoms with van der Waals surface area (Å²) in [5, 5.41) is 2.62. The Morgan fingerprint density at radius 3 is 1.46 bits per heavy atom. The normalized spacial score (nSPS) is 15.3. The Bertz CT molecular complexity index is 661. The van der Waals surface area contributed by atoms with Crippen LogP contribution in [0.5, 0.6) is 0 Å². The maximum absolute atomic E-state index is 13.4. The molecule has 1 rings (SSSR count). The van der Waals surface area contributed by atoms with Gasteiger partial charge in [-0.25, -0.2) is 4.68 Å². The molecule has 0 aromatic carbocycles. The van der Waals surface area contributed by atoms with Crippen molar-refractivity contribution in [1.82, 2.24) is 9.78 Å². The van der Waals surface area contributed by atoms with Gasteiger partial charge in [-0.15, -0.1) is 0 Å². The van der Waals surface area contributed by atoms with Gasteiger partial charge in [0.1, 0.15) is 0 Å². The fourth-order valence-electron chi connectivity index (χ4n) is 1.44. The summed E-state index contributed by atoms with van der Waals surface area (Å²) in [6.45, 7) is 0. The summed E-state index contributed by atoms with van der Waals surface area (Å²) < 4.78 is 165. The van der Waals surface area contributed by atoms with Gasteiger partial charge in [0.15, 0.2) is 0 Å². The van der Waals surface area contributed by atoms with Gasteiger partial charge in [-0.2, -0.15) is 62.2 Å². The van der Waals surface area contributed by atoms with Crippen LogP contribution < -0.4 is 0 Å². The number of rotatable bonds is 5. The monoisotopic (exact) mass is 414 g/mol. The number of hydrogen-bond donors (Lipinski definition) is 0. The molecule has 0 spiro atoms. The first-order valence-corrected chi connectivity index (χ1v) is 5.77. The topological polar surface area (TPSA) is 34.9 Å². The van der Waals surface area contributed by atoms with Crippen molar-refractivity contribution in [2.24, 2.45) is 0 Å². The molecule has 1 aromatic rings. The molecular formula is C10H3F13N2O. The average Bonchev–Trinajstić information content (AvgIpc) is 2.98. The third-order valence-electron chi connectivity index (χ3n) is 2.91. The highest BCUT2D eigenvalue weighted by atomic mass is 19.4. The van der Waals surface area contributed by atoms with Crippen molar-refractivity contribution < 1.29 is 61.9 Å². The van der Waals surface area contributed by atoms with Crippen molar-refractivity contribution in [3.8, 4) is 0 Å². The molecule has 0 atom stereocenters. The molecule has 0 aliphatic heterocycles. The Labute approximate surface area is 133 Å². The lowest BCUT2D eigenvalue weighted by atomic mass is 9.93. The highest BCUT2D eigenvalue weighted by Crippen LogP contribution is 2.60. The lowest BCUT2D eigenvalue weighted by Gasteiger charge is -2.39. The zero-order valence-corrected chi connectivity index (χ0v) is 11.4. The Morgan fingerprint density at radius 1 is 0.692 bits per heavy atom. The van der Waals surface area contributed by atoms with E-state index in [1.165, 1.54) is 0 Å². The van der Waals surface area contributed by atoms with E-state index in [1.54, 1.807) is 0 Å². The maximum Gasteiger partial charge on any atom is 0.460 e. The number of alkyl halides is 13. The third-order valence-corrected chi connectivity index (χ3v) is 2.91. The van der Waals surface area contributed by atoms with E-state index in [0.717, 1.165) is 0 Å². The third kappa shape index (κ3) is 2.69. The van der Waals surface area contributed by atoms with Crippen molar-refractivity contribution in [2.75, 3.05) is 0 Å². The number of aromatic nitrogens is 2. The Hall–Kier alpha value is -2.03. The standard InChI is InChI=1S/C10H3F13N2O/c11-5(12,4(26)25-3-1-2-24-25)6(13,14)7(15,16)8(17,18)9(19,20)10(21,22)23/h1-3H. The number of carbonyl (C=O) groups is 1. The molecule has 26 heavy (non-hydrogen) atoms. The molecule has 0 radical (unpaired) electrons. The summed E-state index contributed by atoms with van der Waals surface area (Å²) >= 11 is 0. The van der Waals surface area contributed by atoms with Crippen LogP contribution in [-0.2, 0) is 0 Å². The molecule has 0 saturated carbocycles. The largest absolute Gasteiger partial charge is 0.460 e. The molecule has 0 amide bonds. The van der Waals surface area contributed by atoms with Crippen LogP contribution in [0.3, 0.4) is 0 Å². The maximum atomic E-state index is 13.4. The molecule has 0 aliphatic rings. The van der Waals surface area contributed by atoms with Crippen molar-refractivity contribution in [2.45, 2.75) is 35.8 Å². The Balaban J connectivity index is 3.51. The summed E-state index contributed by atoms with van der Waals surface area (Å²) in [6.07, 6.45) is -6.85. The summed E-state index contributed by atoms with van der Waals surface area (Å²) in [4.78, 5) is 11.1. The van der Waals surface area contributed by atoms with Crippen LogP contribution in [0.4, 0.5) is 57.1 Å². The predicted octanol–water partition coefficient (Wildman–Crippen LogP) is 4.26. The molecule has 0 unspecified atom stereocenters. The van der Waals surface area contributed by atoms with Crippen LogP contribution in [0.15, 0.2) is 18.5 Å². The second kappa shape index (κ2) is 5.73. The van der Waals surface area contributed by atoms with Crippen LogP contribution in [0.2, 0.25) is 0 Å². The molecule has 0 fully saturated rings. The van der Waals surface area contributed by atoms with Crippen molar-refractivity contribution in [3.63, 3.8) is 0 Å². The van der Waals surface area contributed by atoms with Crippen molar-refractivity contribution in [3.05, 3.63) is 18.5 Å². The first kappa shape index (κ1) is 22.0. The van der Waals surface area contributed by atoms with E-state index in [2.05, 4.69) is 5.10 Å². The fraction of sp³-hybridized carbons (Fsp3) is 0.600. The number of halogens is 13. The Morgan fingerprint density at radius 2 is 1.12 bits per heavy atom. The van der Waals surface area contributed by atoms with Crippen molar-refractivity contribution in [1.29, 1.82) is 0 Å². The van der Waals surface area contributed by atoms with Gasteiger partial charge in [0.05, 0.1) is 0 Å². The molecule has 16 heteroatoms. The average molecular weight is 414 g/mol. The second-order valence-electron chi connectivity index (χ2n) is 4.63. The molecule has 3 nitrogen and oxygen atoms in total. The molecule has 1 heterocycles. The van der Waals surface area contributed by atoms with Gasteiger partial charge in [0.25, 0.3) is 0 Å². The minimum absolute atomic E-state index is 0.174. The Kier molecular flexibility index (Phi) is 4.85. The molecule has 150 valence electrons. The van der Waals surface area contributed by atoms with Gasteiger partial charge in [-0.05, 0) is 6.07 Å². The van der Waals surface area contributed by atoms with Gasteiger partial charge >= 0.3 is 41.7 Å². The number of carbonyl (C=O) groups excluding carboxylic acids is 1.